The summed E-state index contributed by atoms with van der Waals surface area (Å²) in [7, 11) is 1.57. The molecule has 0 unspecified atom stereocenters. The highest BCUT2D eigenvalue weighted by molar-refractivity contribution is 5.43. The molecule has 0 fully saturated rings. The Morgan fingerprint density at radius 1 is 0.947 bits per heavy atom. The van der Waals surface area contributed by atoms with Gasteiger partial charge in [-0.1, -0.05) is 18.2 Å². The van der Waals surface area contributed by atoms with Gasteiger partial charge in [0.05, 0.1) is 13.7 Å². The molecule has 0 aliphatic carbocycles. The summed E-state index contributed by atoms with van der Waals surface area (Å²) in [5.41, 5.74) is 1.70. The third kappa shape index (κ3) is 3.39. The summed E-state index contributed by atoms with van der Waals surface area (Å²) >= 11 is 0. The van der Waals surface area contributed by atoms with Crippen molar-refractivity contribution in [2.24, 2.45) is 0 Å². The van der Waals surface area contributed by atoms with Crippen molar-refractivity contribution in [3.63, 3.8) is 0 Å². The van der Waals surface area contributed by atoms with Gasteiger partial charge in [0, 0.05) is 0 Å². The van der Waals surface area contributed by atoms with Gasteiger partial charge in [-0.2, -0.15) is 0 Å². The van der Waals surface area contributed by atoms with Crippen LogP contribution in [0, 0.1) is 0 Å². The summed E-state index contributed by atoms with van der Waals surface area (Å²) in [6, 6.07) is 12.1. The summed E-state index contributed by atoms with van der Waals surface area (Å²) in [6.45, 7) is 0.324. The van der Waals surface area contributed by atoms with Crippen LogP contribution < -0.4 is 9.47 Å². The molecule has 0 heterocycles. The normalized spacial score (nSPS) is 10.2. The molecule has 0 saturated carbocycles. The van der Waals surface area contributed by atoms with Gasteiger partial charge < -0.3 is 19.7 Å². The third-order valence-corrected chi connectivity index (χ3v) is 2.74. The van der Waals surface area contributed by atoms with Gasteiger partial charge in [-0.15, -0.1) is 0 Å². The lowest BCUT2D eigenvalue weighted by atomic mass is 10.2. The second-order valence-corrected chi connectivity index (χ2v) is 4.10. The van der Waals surface area contributed by atoms with Crippen LogP contribution in [-0.2, 0) is 13.2 Å². The van der Waals surface area contributed by atoms with Crippen LogP contribution in [0.5, 0.6) is 17.2 Å². The van der Waals surface area contributed by atoms with E-state index in [9.17, 15) is 5.11 Å². The number of hydrogen-bond donors (Lipinski definition) is 2. The number of phenols is 1. The number of methoxy groups -OCH3 is 1. The monoisotopic (exact) mass is 260 g/mol. The summed E-state index contributed by atoms with van der Waals surface area (Å²) in [4.78, 5) is 0. The maximum Gasteiger partial charge on any atom is 0.162 e. The molecule has 0 amide bonds. The van der Waals surface area contributed by atoms with E-state index in [2.05, 4.69) is 0 Å². The smallest absolute Gasteiger partial charge is 0.162 e. The molecule has 4 heteroatoms. The number of aromatic hydroxyl groups is 1. The molecule has 4 nitrogen and oxygen atoms in total. The zero-order chi connectivity index (χ0) is 13.7. The highest BCUT2D eigenvalue weighted by atomic mass is 16.5. The lowest BCUT2D eigenvalue weighted by molar-refractivity contribution is 0.271. The minimum absolute atomic E-state index is 0.0421. The van der Waals surface area contributed by atoms with Crippen LogP contribution in [0.2, 0.25) is 0 Å². The zero-order valence-electron chi connectivity index (χ0n) is 10.7. The topological polar surface area (TPSA) is 58.9 Å². The second kappa shape index (κ2) is 6.11. The number of phenolic OH excluding ortho intramolecular Hbond substituents is 1. The van der Waals surface area contributed by atoms with Gasteiger partial charge in [0.2, 0.25) is 0 Å². The van der Waals surface area contributed by atoms with Gasteiger partial charge in [0.1, 0.15) is 12.4 Å². The molecule has 0 aromatic heterocycles. The molecular formula is C15H16O4. The van der Waals surface area contributed by atoms with Crippen LogP contribution in [0.25, 0.3) is 0 Å². The first-order valence-corrected chi connectivity index (χ1v) is 5.91. The molecule has 0 bridgehead atoms. The molecule has 0 saturated heterocycles. The van der Waals surface area contributed by atoms with Crippen LogP contribution in [0.4, 0.5) is 0 Å². The summed E-state index contributed by atoms with van der Waals surface area (Å²) in [6.07, 6.45) is 0. The van der Waals surface area contributed by atoms with E-state index >= 15 is 0 Å². The third-order valence-electron chi connectivity index (χ3n) is 2.74. The summed E-state index contributed by atoms with van der Waals surface area (Å²) in [5.74, 6) is 1.43. The molecule has 0 aliphatic heterocycles. The van der Waals surface area contributed by atoms with E-state index in [1.54, 1.807) is 49.6 Å². The highest BCUT2D eigenvalue weighted by Crippen LogP contribution is 2.29. The molecule has 2 aromatic carbocycles. The van der Waals surface area contributed by atoms with E-state index in [1.807, 2.05) is 0 Å². The molecule has 19 heavy (non-hydrogen) atoms. The zero-order valence-corrected chi connectivity index (χ0v) is 10.7. The van der Waals surface area contributed by atoms with Crippen molar-refractivity contribution in [1.82, 2.24) is 0 Å². The van der Waals surface area contributed by atoms with Crippen molar-refractivity contribution in [2.45, 2.75) is 13.2 Å². The Balaban J connectivity index is 2.11. The van der Waals surface area contributed by atoms with Crippen molar-refractivity contribution in [3.05, 3.63) is 53.6 Å². The molecule has 100 valence electrons. The van der Waals surface area contributed by atoms with Crippen LogP contribution >= 0.6 is 0 Å². The highest BCUT2D eigenvalue weighted by Gasteiger charge is 2.06. The Morgan fingerprint density at radius 3 is 2.26 bits per heavy atom. The van der Waals surface area contributed by atoms with E-state index in [4.69, 9.17) is 14.6 Å². The standard InChI is InChI=1S/C15H16O4/c1-18-14-7-4-12(9-16)8-15(14)19-10-11-2-5-13(17)6-3-11/h2-8,16-17H,9-10H2,1H3. The van der Waals surface area contributed by atoms with Gasteiger partial charge >= 0.3 is 0 Å². The first-order chi connectivity index (χ1) is 9.22. The van der Waals surface area contributed by atoms with Gasteiger partial charge in [-0.25, -0.2) is 0 Å². The molecule has 0 spiro atoms. The lowest BCUT2D eigenvalue weighted by Gasteiger charge is -2.12. The quantitative estimate of drug-likeness (QED) is 0.867. The van der Waals surface area contributed by atoms with Crippen LogP contribution in [0.1, 0.15) is 11.1 Å². The Bertz CT molecular complexity index is 534. The van der Waals surface area contributed by atoms with E-state index in [0.29, 0.717) is 18.1 Å². The average molecular weight is 260 g/mol. The maximum atomic E-state index is 9.20. The molecule has 0 aliphatic rings. The fraction of sp³-hybridized carbons (Fsp3) is 0.200. The van der Waals surface area contributed by atoms with Gasteiger partial charge in [0.15, 0.2) is 11.5 Å². The van der Waals surface area contributed by atoms with E-state index in [-0.39, 0.29) is 12.4 Å². The van der Waals surface area contributed by atoms with Crippen molar-refractivity contribution in [2.75, 3.05) is 7.11 Å². The fourth-order valence-electron chi connectivity index (χ4n) is 1.69. The first-order valence-electron chi connectivity index (χ1n) is 5.91. The van der Waals surface area contributed by atoms with Crippen LogP contribution in [0.3, 0.4) is 0 Å². The van der Waals surface area contributed by atoms with Crippen molar-refractivity contribution >= 4 is 0 Å². The maximum absolute atomic E-state index is 9.20. The summed E-state index contributed by atoms with van der Waals surface area (Å²) in [5, 5.41) is 18.3. The first kappa shape index (κ1) is 13.2. The Labute approximate surface area is 111 Å². The van der Waals surface area contributed by atoms with E-state index in [0.717, 1.165) is 11.1 Å². The second-order valence-electron chi connectivity index (χ2n) is 4.10. The number of rotatable bonds is 5. The molecule has 2 N–H and O–H groups in total. The number of benzene rings is 2. The SMILES string of the molecule is COc1ccc(CO)cc1OCc1ccc(O)cc1. The van der Waals surface area contributed by atoms with Crippen LogP contribution in [0.15, 0.2) is 42.5 Å². The van der Waals surface area contributed by atoms with Gasteiger partial charge in [-0.3, -0.25) is 0 Å². The minimum atomic E-state index is -0.0421. The molecule has 2 aromatic rings. The summed E-state index contributed by atoms with van der Waals surface area (Å²) < 4.78 is 10.9. The molecule has 0 radical (unpaired) electrons. The Kier molecular flexibility index (Phi) is 4.26. The number of aliphatic hydroxyl groups is 1. The number of hydrogen-bond acceptors (Lipinski definition) is 4. The minimum Gasteiger partial charge on any atom is -0.508 e. The predicted molar refractivity (Wildman–Crippen MR) is 71.4 cm³/mol. The molecule has 0 atom stereocenters. The van der Waals surface area contributed by atoms with Crippen molar-refractivity contribution in [3.8, 4) is 17.2 Å². The fourth-order valence-corrected chi connectivity index (χ4v) is 1.69. The lowest BCUT2D eigenvalue weighted by Crippen LogP contribution is -1.98. The predicted octanol–water partition coefficient (Wildman–Crippen LogP) is 2.47. The Morgan fingerprint density at radius 2 is 1.63 bits per heavy atom. The largest absolute Gasteiger partial charge is 0.508 e. The van der Waals surface area contributed by atoms with E-state index in [1.165, 1.54) is 0 Å². The number of aliphatic hydroxyl groups excluding tert-OH is 1. The van der Waals surface area contributed by atoms with Gasteiger partial charge in [-0.05, 0) is 35.4 Å². The van der Waals surface area contributed by atoms with E-state index < -0.39 is 0 Å². The van der Waals surface area contributed by atoms with Crippen molar-refractivity contribution in [1.29, 1.82) is 0 Å². The molecule has 2 rings (SSSR count). The molecular weight excluding hydrogens is 244 g/mol. The van der Waals surface area contributed by atoms with Crippen LogP contribution in [-0.4, -0.2) is 17.3 Å². The number of ether oxygens (including phenoxy) is 2. The average Bonchev–Trinajstić information content (AvgIpc) is 2.46. The van der Waals surface area contributed by atoms with Crippen molar-refractivity contribution < 1.29 is 19.7 Å². The Hall–Kier alpha value is -2.20. The van der Waals surface area contributed by atoms with Gasteiger partial charge in [0.25, 0.3) is 0 Å².